The van der Waals surface area contributed by atoms with Crippen LogP contribution in [0.25, 0.3) is 0 Å². The van der Waals surface area contributed by atoms with Crippen LogP contribution < -0.4 is 22.5 Å². The van der Waals surface area contributed by atoms with Crippen molar-refractivity contribution >= 4 is 112 Å². The van der Waals surface area contributed by atoms with Crippen molar-refractivity contribution in [2.24, 2.45) is 22.0 Å². The third-order valence-corrected chi connectivity index (χ3v) is 9.96. The number of carbonyl (C=O) groups is 3. The lowest BCUT2D eigenvalue weighted by atomic mass is 9.89. The van der Waals surface area contributed by atoms with Crippen LogP contribution in [-0.2, 0) is 25.8 Å². The fourth-order valence-corrected chi connectivity index (χ4v) is 7.64. The molecule has 2 aromatic heterocycles. The first-order valence-corrected chi connectivity index (χ1v) is 14.2. The van der Waals surface area contributed by atoms with E-state index in [1.807, 2.05) is 0 Å². The number of halogens is 3. The van der Waals surface area contributed by atoms with E-state index in [9.17, 15) is 19.5 Å². The minimum Gasteiger partial charge on any atom is -0.481 e. The molecule has 2 unspecified atom stereocenters. The molecule has 0 bridgehead atoms. The molecule has 2 amide bonds. The van der Waals surface area contributed by atoms with Crippen molar-refractivity contribution in [3.63, 3.8) is 0 Å². The average Bonchev–Trinajstić information content (AvgIpc) is 3.52. The van der Waals surface area contributed by atoms with Gasteiger partial charge in [0.2, 0.25) is 5.91 Å². The Hall–Kier alpha value is -1.64. The van der Waals surface area contributed by atoms with Gasteiger partial charge in [0.1, 0.15) is 34.1 Å². The summed E-state index contributed by atoms with van der Waals surface area (Å²) in [6.07, 6.45) is 0. The number of oxime groups is 1. The SMILES string of the molecule is Cl.Cl.Cl.NCCON=C(C(=O)NC1C(=O)N2CC(CSc3nnc(CN)s3)(C(=O)O)CS[C@H]12)c1csc(N)n1. The van der Waals surface area contributed by atoms with Gasteiger partial charge >= 0.3 is 5.97 Å². The number of nitrogens with one attached hydrogen (secondary N) is 1. The Morgan fingerprint density at radius 1 is 1.31 bits per heavy atom. The quantitative estimate of drug-likeness (QED) is 0.0705. The largest absolute Gasteiger partial charge is 0.481 e. The van der Waals surface area contributed by atoms with Crippen LogP contribution in [0.3, 0.4) is 0 Å². The van der Waals surface area contributed by atoms with Crippen LogP contribution in [-0.4, -0.2) is 91.3 Å². The Labute approximate surface area is 257 Å². The number of nitrogens with two attached hydrogens (primary N) is 3. The summed E-state index contributed by atoms with van der Waals surface area (Å²) in [7, 11) is 0. The number of carbonyl (C=O) groups excluding carboxylic acids is 2. The molecule has 218 valence electrons. The Bertz CT molecular complexity index is 1190. The minimum atomic E-state index is -1.17. The lowest BCUT2D eigenvalue weighted by molar-refractivity contribution is -0.157. The number of carboxylic acid groups (broad SMARTS) is 1. The maximum Gasteiger partial charge on any atom is 0.313 e. The second kappa shape index (κ2) is 15.4. The van der Waals surface area contributed by atoms with Gasteiger partial charge in [-0.2, -0.15) is 0 Å². The zero-order chi connectivity index (χ0) is 25.9. The number of aliphatic carboxylic acids is 1. The van der Waals surface area contributed by atoms with Crippen LogP contribution in [0.5, 0.6) is 0 Å². The van der Waals surface area contributed by atoms with Crippen molar-refractivity contribution in [1.29, 1.82) is 0 Å². The van der Waals surface area contributed by atoms with E-state index >= 15 is 0 Å². The first-order valence-electron chi connectivity index (χ1n) is 10.5. The first-order chi connectivity index (χ1) is 17.3. The van der Waals surface area contributed by atoms with Crippen molar-refractivity contribution in [3.8, 4) is 0 Å². The van der Waals surface area contributed by atoms with Gasteiger partial charge in [0.25, 0.3) is 5.91 Å². The molecular weight excluding hydrogens is 657 g/mol. The second-order valence-electron chi connectivity index (χ2n) is 7.79. The Morgan fingerprint density at radius 3 is 2.64 bits per heavy atom. The summed E-state index contributed by atoms with van der Waals surface area (Å²) in [6, 6.07) is -0.840. The number of rotatable bonds is 11. The van der Waals surface area contributed by atoms with Crippen LogP contribution in [0.15, 0.2) is 14.9 Å². The van der Waals surface area contributed by atoms with Crippen molar-refractivity contribution in [3.05, 3.63) is 16.1 Å². The lowest BCUT2D eigenvalue weighted by Gasteiger charge is -2.53. The number of aromatic nitrogens is 3. The summed E-state index contributed by atoms with van der Waals surface area (Å²) in [4.78, 5) is 48.7. The summed E-state index contributed by atoms with van der Waals surface area (Å²) in [5.41, 5.74) is 15.5. The molecule has 2 aliphatic rings. The predicted octanol–water partition coefficient (Wildman–Crippen LogP) is 0.244. The number of carboxylic acids is 1. The van der Waals surface area contributed by atoms with Gasteiger partial charge in [-0.25, -0.2) is 4.98 Å². The maximum atomic E-state index is 13.0. The number of fused-ring (bicyclic) bond motifs is 1. The van der Waals surface area contributed by atoms with Gasteiger partial charge in [-0.3, -0.25) is 14.4 Å². The highest BCUT2D eigenvalue weighted by Crippen LogP contribution is 2.44. The number of β-lactam (4-membered cyclic amide) rings is 1. The molecule has 0 saturated carbocycles. The number of hydrogen-bond acceptors (Lipinski definition) is 15. The van der Waals surface area contributed by atoms with Crippen LogP contribution in [0, 0.1) is 5.41 Å². The molecule has 0 aromatic carbocycles. The molecular formula is C18H26Cl3N9O5S4. The summed E-state index contributed by atoms with van der Waals surface area (Å²) in [5, 5.41) is 26.5. The summed E-state index contributed by atoms with van der Waals surface area (Å²) in [5.74, 6) is -1.58. The van der Waals surface area contributed by atoms with Crippen molar-refractivity contribution in [2.45, 2.75) is 22.3 Å². The van der Waals surface area contributed by atoms with Gasteiger partial charge in [0.05, 0.1) is 0 Å². The topological polar surface area (TPSA) is 225 Å². The van der Waals surface area contributed by atoms with E-state index in [0.717, 1.165) is 11.3 Å². The number of thioether (sulfide) groups is 2. The van der Waals surface area contributed by atoms with Gasteiger partial charge in [-0.1, -0.05) is 28.3 Å². The molecule has 2 aliphatic heterocycles. The molecule has 4 rings (SSSR count). The number of hydrogen-bond donors (Lipinski definition) is 5. The van der Waals surface area contributed by atoms with E-state index in [-0.39, 0.29) is 97.4 Å². The van der Waals surface area contributed by atoms with Crippen LogP contribution in [0.4, 0.5) is 5.13 Å². The number of nitrogens with zero attached hydrogens (tertiary/aromatic N) is 5. The Morgan fingerprint density at radius 2 is 2.05 bits per heavy atom. The zero-order valence-corrected chi connectivity index (χ0v) is 25.6. The highest BCUT2D eigenvalue weighted by molar-refractivity contribution is 8.01. The predicted molar refractivity (Wildman–Crippen MR) is 158 cm³/mol. The van der Waals surface area contributed by atoms with E-state index in [2.05, 4.69) is 25.7 Å². The smallest absolute Gasteiger partial charge is 0.313 e. The van der Waals surface area contributed by atoms with Crippen molar-refractivity contribution in [2.75, 3.05) is 36.9 Å². The molecule has 4 heterocycles. The monoisotopic (exact) mass is 681 g/mol. The number of anilines is 1. The third kappa shape index (κ3) is 7.76. The molecule has 21 heteroatoms. The Balaban J connectivity index is 0.00000253. The molecule has 2 aromatic rings. The van der Waals surface area contributed by atoms with Crippen molar-refractivity contribution in [1.82, 2.24) is 25.4 Å². The highest BCUT2D eigenvalue weighted by Gasteiger charge is 2.57. The van der Waals surface area contributed by atoms with Crippen molar-refractivity contribution < 1.29 is 24.3 Å². The van der Waals surface area contributed by atoms with Gasteiger partial charge in [-0.15, -0.1) is 70.5 Å². The van der Waals surface area contributed by atoms with Crippen LogP contribution >= 0.6 is 83.4 Å². The molecule has 0 aliphatic carbocycles. The fourth-order valence-electron chi connectivity index (χ4n) is 3.46. The Kier molecular flexibility index (Phi) is 14.0. The van der Waals surface area contributed by atoms with Crippen LogP contribution in [0.2, 0.25) is 0 Å². The minimum absolute atomic E-state index is 0. The highest BCUT2D eigenvalue weighted by atomic mass is 35.5. The van der Waals surface area contributed by atoms with E-state index in [4.69, 9.17) is 22.0 Å². The first kappa shape index (κ1) is 35.4. The van der Waals surface area contributed by atoms with Gasteiger partial charge in [-0.05, 0) is 0 Å². The standard InChI is InChI=1S/C18H23N9O5S4.3ClH/c19-1-2-32-26-10(8-4-33-16(21)22-8)12(28)23-11-13(29)27-5-18(15(30)31,6-34-14(11)27)7-35-17-25-24-9(3-20)36-17;;;/h4,11,14H,1-3,5-7,19-20H2,(H2,21,22)(H,23,28)(H,30,31);3*1H/t11?,14-,18?;;;/m1.../s1. The van der Waals surface area contributed by atoms with Gasteiger partial charge in [0.15, 0.2) is 15.2 Å². The normalized spacial score (nSPS) is 21.8. The van der Waals surface area contributed by atoms with E-state index in [1.165, 1.54) is 39.8 Å². The number of thiazole rings is 1. The maximum absolute atomic E-state index is 13.0. The van der Waals surface area contributed by atoms with E-state index in [0.29, 0.717) is 9.35 Å². The van der Waals surface area contributed by atoms with Crippen LogP contribution in [0.1, 0.15) is 10.7 Å². The van der Waals surface area contributed by atoms with E-state index in [1.54, 1.807) is 5.38 Å². The summed E-state index contributed by atoms with van der Waals surface area (Å²) >= 11 is 5.02. The number of amides is 2. The molecule has 0 radical (unpaired) electrons. The molecule has 8 N–H and O–H groups in total. The van der Waals surface area contributed by atoms with Gasteiger partial charge < -0.3 is 37.4 Å². The summed E-state index contributed by atoms with van der Waals surface area (Å²) < 4.78 is 0.620. The molecule has 3 atom stereocenters. The summed E-state index contributed by atoms with van der Waals surface area (Å²) in [6.45, 7) is 0.564. The van der Waals surface area contributed by atoms with Gasteiger partial charge in [0, 0.05) is 36.5 Å². The lowest BCUT2D eigenvalue weighted by Crippen LogP contribution is -2.74. The second-order valence-corrected chi connectivity index (χ2v) is 12.1. The molecule has 0 spiro atoms. The number of nitrogen functional groups attached to an aromatic ring is 1. The average molecular weight is 683 g/mol. The zero-order valence-electron chi connectivity index (χ0n) is 19.9. The molecule has 39 heavy (non-hydrogen) atoms. The third-order valence-electron chi connectivity index (χ3n) is 5.32. The molecule has 14 nitrogen and oxygen atoms in total. The van der Waals surface area contributed by atoms with E-state index < -0.39 is 28.7 Å². The fraction of sp³-hybridized carbons (Fsp3) is 0.500. The molecule has 2 saturated heterocycles. The molecule has 2 fully saturated rings.